The van der Waals surface area contributed by atoms with E-state index in [0.29, 0.717) is 12.3 Å². The SMILES string of the molecule is CC(=O)OC(C1CC(C)C2C(O)(O1)C(O)C1(C)C3=CCC4C(C)(C)C(O)CCC45CC35CCC21C)C(C)(C)O. The van der Waals surface area contributed by atoms with Gasteiger partial charge in [-0.3, -0.25) is 4.79 Å². The summed E-state index contributed by atoms with van der Waals surface area (Å²) in [6.45, 7) is 15.4. The molecule has 7 nitrogen and oxygen atoms in total. The average molecular weight is 547 g/mol. The highest BCUT2D eigenvalue weighted by Gasteiger charge is 2.85. The molecule has 0 aromatic rings. The van der Waals surface area contributed by atoms with E-state index in [1.54, 1.807) is 13.8 Å². The summed E-state index contributed by atoms with van der Waals surface area (Å²) < 4.78 is 12.0. The van der Waals surface area contributed by atoms with Gasteiger partial charge in [-0.15, -0.1) is 0 Å². The van der Waals surface area contributed by atoms with Crippen LogP contribution in [0, 0.1) is 44.8 Å². The zero-order chi connectivity index (χ0) is 28.8. The van der Waals surface area contributed by atoms with Gasteiger partial charge in [0.15, 0.2) is 11.9 Å². The minimum Gasteiger partial charge on any atom is -0.457 e. The second kappa shape index (κ2) is 7.89. The Bertz CT molecular complexity index is 1110. The molecule has 0 aromatic heterocycles. The normalized spacial score (nSPS) is 54.2. The lowest BCUT2D eigenvalue weighted by Gasteiger charge is -2.60. The summed E-state index contributed by atoms with van der Waals surface area (Å²) in [5, 5.41) is 46.5. The number of aliphatic hydroxyl groups excluding tert-OH is 2. The molecule has 5 fully saturated rings. The van der Waals surface area contributed by atoms with Crippen molar-refractivity contribution >= 4 is 5.97 Å². The maximum Gasteiger partial charge on any atom is 0.303 e. The fraction of sp³-hybridized carbons (Fsp3) is 0.906. The molecule has 0 aromatic carbocycles. The second-order valence-corrected chi connectivity index (χ2v) is 16.0. The van der Waals surface area contributed by atoms with Crippen LogP contribution in [-0.2, 0) is 14.3 Å². The Morgan fingerprint density at radius 1 is 1.15 bits per heavy atom. The van der Waals surface area contributed by atoms with Crippen molar-refractivity contribution in [3.63, 3.8) is 0 Å². The van der Waals surface area contributed by atoms with Gasteiger partial charge in [-0.1, -0.05) is 46.3 Å². The minimum absolute atomic E-state index is 0.00241. The molecule has 39 heavy (non-hydrogen) atoms. The van der Waals surface area contributed by atoms with Crippen LogP contribution >= 0.6 is 0 Å². The fourth-order valence-electron chi connectivity index (χ4n) is 11.7. The van der Waals surface area contributed by atoms with E-state index >= 15 is 0 Å². The Morgan fingerprint density at radius 2 is 1.82 bits per heavy atom. The molecule has 0 bridgehead atoms. The zero-order valence-electron chi connectivity index (χ0n) is 25.1. The number of allylic oxidation sites excluding steroid dienone is 1. The van der Waals surface area contributed by atoms with Crippen LogP contribution in [0.1, 0.15) is 100 Å². The van der Waals surface area contributed by atoms with E-state index in [-0.39, 0.29) is 34.2 Å². The molecule has 7 heteroatoms. The predicted molar refractivity (Wildman–Crippen MR) is 145 cm³/mol. The third kappa shape index (κ3) is 3.15. The van der Waals surface area contributed by atoms with Gasteiger partial charge >= 0.3 is 5.97 Å². The van der Waals surface area contributed by atoms with Crippen LogP contribution in [0.5, 0.6) is 0 Å². The van der Waals surface area contributed by atoms with E-state index in [1.165, 1.54) is 12.5 Å². The summed E-state index contributed by atoms with van der Waals surface area (Å²) in [4.78, 5) is 12.0. The molecule has 6 rings (SSSR count). The molecular formula is C32H50O7. The van der Waals surface area contributed by atoms with Crippen LogP contribution in [-0.4, -0.2) is 62.2 Å². The molecule has 4 N–H and O–H groups in total. The first-order chi connectivity index (χ1) is 17.8. The van der Waals surface area contributed by atoms with Gasteiger partial charge in [-0.05, 0) is 92.3 Å². The third-order valence-electron chi connectivity index (χ3n) is 13.5. The van der Waals surface area contributed by atoms with Gasteiger partial charge < -0.3 is 29.9 Å². The van der Waals surface area contributed by atoms with E-state index in [0.717, 1.165) is 38.5 Å². The van der Waals surface area contributed by atoms with Gasteiger partial charge in [0.25, 0.3) is 0 Å². The smallest absolute Gasteiger partial charge is 0.303 e. The second-order valence-electron chi connectivity index (χ2n) is 16.0. The minimum atomic E-state index is -1.83. The number of esters is 1. The highest BCUT2D eigenvalue weighted by atomic mass is 16.7. The maximum absolute atomic E-state index is 12.4. The van der Waals surface area contributed by atoms with Crippen LogP contribution in [0.4, 0.5) is 0 Å². The van der Waals surface area contributed by atoms with Crippen LogP contribution in [0.15, 0.2) is 11.6 Å². The van der Waals surface area contributed by atoms with Crippen molar-refractivity contribution in [3.05, 3.63) is 11.6 Å². The largest absolute Gasteiger partial charge is 0.457 e. The number of fused-ring (bicyclic) bond motifs is 4. The molecule has 0 radical (unpaired) electrons. The highest BCUT2D eigenvalue weighted by Crippen LogP contribution is 2.88. The topological polar surface area (TPSA) is 116 Å². The summed E-state index contributed by atoms with van der Waals surface area (Å²) in [7, 11) is 0. The van der Waals surface area contributed by atoms with Crippen molar-refractivity contribution in [1.82, 2.24) is 0 Å². The number of carbonyl (C=O) groups excluding carboxylic acids is 1. The van der Waals surface area contributed by atoms with Crippen molar-refractivity contribution in [2.24, 2.45) is 44.8 Å². The van der Waals surface area contributed by atoms with E-state index in [1.807, 2.05) is 0 Å². The van der Waals surface area contributed by atoms with Crippen molar-refractivity contribution < 1.29 is 34.7 Å². The van der Waals surface area contributed by atoms with Crippen molar-refractivity contribution in [3.8, 4) is 0 Å². The lowest BCUT2D eigenvalue weighted by Crippen LogP contribution is -2.61. The molecule has 12 atom stereocenters. The van der Waals surface area contributed by atoms with Crippen LogP contribution < -0.4 is 0 Å². The van der Waals surface area contributed by atoms with E-state index < -0.39 is 46.5 Å². The van der Waals surface area contributed by atoms with Crippen molar-refractivity contribution in [2.45, 2.75) is 136 Å². The number of rotatable bonds is 3. The molecule has 1 aliphatic heterocycles. The van der Waals surface area contributed by atoms with E-state index in [4.69, 9.17) is 9.47 Å². The van der Waals surface area contributed by atoms with Gasteiger partial charge in [-0.2, -0.15) is 0 Å². The molecule has 0 amide bonds. The van der Waals surface area contributed by atoms with E-state index in [2.05, 4.69) is 40.7 Å². The first-order valence-electron chi connectivity index (χ1n) is 15.2. The molecule has 5 aliphatic carbocycles. The monoisotopic (exact) mass is 546 g/mol. The predicted octanol–water partition coefficient (Wildman–Crippen LogP) is 4.10. The first-order valence-corrected chi connectivity index (χ1v) is 15.2. The molecular weight excluding hydrogens is 496 g/mol. The summed E-state index contributed by atoms with van der Waals surface area (Å²) >= 11 is 0. The van der Waals surface area contributed by atoms with E-state index in [9.17, 15) is 25.2 Å². The molecule has 1 heterocycles. The standard InChI is InChI=1S/C32H50O7/c1-17-15-19(24(27(5,6)36)38-18(2)33)39-32(37)23(17)28(7)13-14-31-16-30(31)12-11-22(34)26(3,4)20(30)9-10-21(31)29(28,8)25(32)35/h10,17,19-20,22-25,34-37H,9,11-16H2,1-8H3. The summed E-state index contributed by atoms with van der Waals surface area (Å²) in [6, 6.07) is 0. The number of hydrogen-bond donors (Lipinski definition) is 4. The van der Waals surface area contributed by atoms with Gasteiger partial charge in [0, 0.05) is 18.3 Å². The summed E-state index contributed by atoms with van der Waals surface area (Å²) in [6.07, 6.45) is 5.44. The molecule has 220 valence electrons. The average Bonchev–Trinajstić information content (AvgIpc) is 3.45. The van der Waals surface area contributed by atoms with Crippen molar-refractivity contribution in [2.75, 3.05) is 0 Å². The molecule has 1 saturated heterocycles. The van der Waals surface area contributed by atoms with Crippen LogP contribution in [0.2, 0.25) is 0 Å². The number of carbonyl (C=O) groups is 1. The molecule has 6 aliphatic rings. The Hall–Kier alpha value is -0.990. The number of ether oxygens (including phenoxy) is 2. The van der Waals surface area contributed by atoms with Gasteiger partial charge in [-0.25, -0.2) is 0 Å². The van der Waals surface area contributed by atoms with Crippen LogP contribution in [0.3, 0.4) is 0 Å². The number of hydrogen-bond acceptors (Lipinski definition) is 7. The van der Waals surface area contributed by atoms with Crippen molar-refractivity contribution in [1.29, 1.82) is 0 Å². The van der Waals surface area contributed by atoms with Gasteiger partial charge in [0.2, 0.25) is 0 Å². The Kier molecular flexibility index (Phi) is 5.69. The number of aliphatic hydroxyl groups is 4. The lowest BCUT2D eigenvalue weighted by molar-refractivity contribution is -0.341. The fourth-order valence-corrected chi connectivity index (χ4v) is 11.7. The van der Waals surface area contributed by atoms with Gasteiger partial charge in [0.1, 0.15) is 12.2 Å². The zero-order valence-corrected chi connectivity index (χ0v) is 25.1. The Balaban J connectivity index is 1.42. The lowest BCUT2D eigenvalue weighted by atomic mass is 9.44. The summed E-state index contributed by atoms with van der Waals surface area (Å²) in [5.74, 6) is -2.28. The molecule has 2 spiro atoms. The quantitative estimate of drug-likeness (QED) is 0.311. The van der Waals surface area contributed by atoms with Gasteiger partial charge in [0.05, 0.1) is 11.7 Å². The Labute approximate surface area is 233 Å². The maximum atomic E-state index is 12.4. The summed E-state index contributed by atoms with van der Waals surface area (Å²) in [5.41, 5.74) is -1.16. The molecule has 12 unspecified atom stereocenters. The third-order valence-corrected chi connectivity index (χ3v) is 13.5. The highest BCUT2D eigenvalue weighted by molar-refractivity contribution is 5.66. The van der Waals surface area contributed by atoms with Crippen LogP contribution in [0.25, 0.3) is 0 Å². The first kappa shape index (κ1) is 28.1. The Morgan fingerprint density at radius 3 is 2.44 bits per heavy atom. The molecule has 4 saturated carbocycles.